The summed E-state index contributed by atoms with van der Waals surface area (Å²) >= 11 is 5.89. The standard InChI is InChI=1S/C20H25ClN2O3S/c1-14(2)20(24)22-13-19(15-5-9-17(10-6-15)23(3)4)27(25,26)18-11-7-16(21)8-12-18/h5-12,14,19H,13H2,1-4H3,(H,22,24)/t19-/m0/s1. The summed E-state index contributed by atoms with van der Waals surface area (Å²) in [4.78, 5) is 14.1. The Morgan fingerprint density at radius 3 is 2.07 bits per heavy atom. The molecule has 1 N–H and O–H groups in total. The number of carbonyl (C=O) groups excluding carboxylic acids is 1. The molecule has 0 saturated carbocycles. The summed E-state index contributed by atoms with van der Waals surface area (Å²) < 4.78 is 26.5. The molecule has 7 heteroatoms. The third kappa shape index (κ3) is 5.23. The number of anilines is 1. The SMILES string of the molecule is CC(C)C(=O)NC[C@@H](c1ccc(N(C)C)cc1)S(=O)(=O)c1ccc(Cl)cc1. The van der Waals surface area contributed by atoms with E-state index in [9.17, 15) is 13.2 Å². The molecule has 5 nitrogen and oxygen atoms in total. The van der Waals surface area contributed by atoms with Crippen LogP contribution in [0.5, 0.6) is 0 Å². The molecule has 2 aromatic carbocycles. The fourth-order valence-corrected chi connectivity index (χ4v) is 4.37. The average Bonchev–Trinajstić information content (AvgIpc) is 2.62. The molecule has 1 atom stereocenters. The Hall–Kier alpha value is -2.05. The number of halogens is 1. The van der Waals surface area contributed by atoms with Crippen LogP contribution in [-0.4, -0.2) is 35.0 Å². The predicted octanol–water partition coefficient (Wildman–Crippen LogP) is 3.69. The van der Waals surface area contributed by atoms with Gasteiger partial charge in [0.15, 0.2) is 9.84 Å². The maximum atomic E-state index is 13.2. The van der Waals surface area contributed by atoms with Crippen LogP contribution in [0.4, 0.5) is 5.69 Å². The first kappa shape index (κ1) is 21.3. The highest BCUT2D eigenvalue weighted by Crippen LogP contribution is 2.30. The van der Waals surface area contributed by atoms with Crippen molar-refractivity contribution >= 4 is 33.0 Å². The second-order valence-electron chi connectivity index (χ2n) is 6.87. The van der Waals surface area contributed by atoms with Gasteiger partial charge in [-0.05, 0) is 42.0 Å². The molecule has 27 heavy (non-hydrogen) atoms. The topological polar surface area (TPSA) is 66.5 Å². The van der Waals surface area contributed by atoms with E-state index in [1.54, 1.807) is 38.1 Å². The first-order valence-electron chi connectivity index (χ1n) is 8.67. The summed E-state index contributed by atoms with van der Waals surface area (Å²) in [5, 5.41) is 2.33. The largest absolute Gasteiger partial charge is 0.378 e. The zero-order chi connectivity index (χ0) is 20.2. The van der Waals surface area contributed by atoms with Gasteiger partial charge in [0.1, 0.15) is 5.25 Å². The van der Waals surface area contributed by atoms with E-state index in [1.165, 1.54) is 12.1 Å². The quantitative estimate of drug-likeness (QED) is 0.758. The van der Waals surface area contributed by atoms with Crippen molar-refractivity contribution in [1.29, 1.82) is 0 Å². The fraction of sp³-hybridized carbons (Fsp3) is 0.350. The number of amides is 1. The lowest BCUT2D eigenvalue weighted by Crippen LogP contribution is -2.34. The van der Waals surface area contributed by atoms with Gasteiger partial charge in [-0.2, -0.15) is 0 Å². The molecule has 0 bridgehead atoms. The van der Waals surface area contributed by atoms with Gasteiger partial charge in [-0.1, -0.05) is 37.6 Å². The summed E-state index contributed by atoms with van der Waals surface area (Å²) in [7, 11) is 0.121. The maximum Gasteiger partial charge on any atom is 0.222 e. The summed E-state index contributed by atoms with van der Waals surface area (Å²) in [5.74, 6) is -0.406. The van der Waals surface area contributed by atoms with E-state index in [1.807, 2.05) is 31.1 Å². The smallest absolute Gasteiger partial charge is 0.222 e. The molecular formula is C20H25ClN2O3S. The van der Waals surface area contributed by atoms with Crippen LogP contribution in [0.15, 0.2) is 53.4 Å². The minimum atomic E-state index is -3.71. The van der Waals surface area contributed by atoms with Crippen molar-refractivity contribution in [3.8, 4) is 0 Å². The normalized spacial score (nSPS) is 12.7. The molecule has 0 saturated heterocycles. The Morgan fingerprint density at radius 2 is 1.59 bits per heavy atom. The lowest BCUT2D eigenvalue weighted by Gasteiger charge is -2.21. The van der Waals surface area contributed by atoms with Crippen molar-refractivity contribution < 1.29 is 13.2 Å². The molecular weight excluding hydrogens is 384 g/mol. The van der Waals surface area contributed by atoms with Crippen molar-refractivity contribution in [1.82, 2.24) is 5.32 Å². The Labute approximate surface area is 166 Å². The number of sulfone groups is 1. The van der Waals surface area contributed by atoms with E-state index >= 15 is 0 Å². The van der Waals surface area contributed by atoms with E-state index < -0.39 is 15.1 Å². The van der Waals surface area contributed by atoms with Crippen LogP contribution >= 0.6 is 11.6 Å². The van der Waals surface area contributed by atoms with E-state index in [2.05, 4.69) is 5.32 Å². The Kier molecular flexibility index (Phi) is 6.89. The maximum absolute atomic E-state index is 13.2. The molecule has 0 aliphatic rings. The second kappa shape index (κ2) is 8.76. The Balaban J connectivity index is 2.42. The van der Waals surface area contributed by atoms with Crippen molar-refractivity contribution in [2.75, 3.05) is 25.5 Å². The number of hydrogen-bond donors (Lipinski definition) is 1. The molecule has 0 spiro atoms. The average molecular weight is 409 g/mol. The molecule has 0 radical (unpaired) electrons. The van der Waals surface area contributed by atoms with Crippen molar-refractivity contribution in [2.24, 2.45) is 5.92 Å². The van der Waals surface area contributed by atoms with E-state index in [-0.39, 0.29) is 23.3 Å². The third-order valence-corrected chi connectivity index (χ3v) is 6.65. The van der Waals surface area contributed by atoms with Gasteiger partial charge in [0.25, 0.3) is 0 Å². The molecule has 0 fully saturated rings. The van der Waals surface area contributed by atoms with Gasteiger partial charge in [-0.25, -0.2) is 8.42 Å². The van der Waals surface area contributed by atoms with Gasteiger partial charge >= 0.3 is 0 Å². The van der Waals surface area contributed by atoms with Gasteiger partial charge in [0.05, 0.1) is 4.90 Å². The molecule has 2 aromatic rings. The van der Waals surface area contributed by atoms with Gasteiger partial charge in [0.2, 0.25) is 5.91 Å². The van der Waals surface area contributed by atoms with Crippen LogP contribution in [-0.2, 0) is 14.6 Å². The second-order valence-corrected chi connectivity index (χ2v) is 9.44. The lowest BCUT2D eigenvalue weighted by molar-refractivity contribution is -0.123. The van der Waals surface area contributed by atoms with Crippen LogP contribution in [0.1, 0.15) is 24.7 Å². The molecule has 0 heterocycles. The van der Waals surface area contributed by atoms with Gasteiger partial charge < -0.3 is 10.2 Å². The zero-order valence-electron chi connectivity index (χ0n) is 15.9. The number of benzene rings is 2. The van der Waals surface area contributed by atoms with Crippen molar-refractivity contribution in [3.63, 3.8) is 0 Å². The number of nitrogens with one attached hydrogen (secondary N) is 1. The van der Waals surface area contributed by atoms with Crippen LogP contribution in [0.25, 0.3) is 0 Å². The van der Waals surface area contributed by atoms with Gasteiger partial charge in [-0.3, -0.25) is 4.79 Å². The first-order chi connectivity index (χ1) is 12.6. The van der Waals surface area contributed by atoms with Crippen LogP contribution < -0.4 is 10.2 Å². The molecule has 146 valence electrons. The number of carbonyl (C=O) groups is 1. The van der Waals surface area contributed by atoms with Gasteiger partial charge in [0, 0.05) is 37.3 Å². The van der Waals surface area contributed by atoms with Crippen molar-refractivity contribution in [2.45, 2.75) is 24.0 Å². The van der Waals surface area contributed by atoms with E-state index in [0.717, 1.165) is 5.69 Å². The predicted molar refractivity (Wildman–Crippen MR) is 110 cm³/mol. The molecule has 0 aliphatic carbocycles. The summed E-state index contributed by atoms with van der Waals surface area (Å²) in [5.41, 5.74) is 1.59. The van der Waals surface area contributed by atoms with Crippen LogP contribution in [0.2, 0.25) is 5.02 Å². The number of rotatable bonds is 7. The van der Waals surface area contributed by atoms with Crippen LogP contribution in [0, 0.1) is 5.92 Å². The van der Waals surface area contributed by atoms with Gasteiger partial charge in [-0.15, -0.1) is 0 Å². The highest BCUT2D eigenvalue weighted by Gasteiger charge is 2.30. The minimum Gasteiger partial charge on any atom is -0.378 e. The lowest BCUT2D eigenvalue weighted by atomic mass is 10.1. The Morgan fingerprint density at radius 1 is 1.04 bits per heavy atom. The van der Waals surface area contributed by atoms with Crippen molar-refractivity contribution in [3.05, 3.63) is 59.1 Å². The highest BCUT2D eigenvalue weighted by molar-refractivity contribution is 7.91. The summed E-state index contributed by atoms with van der Waals surface area (Å²) in [6, 6.07) is 13.4. The highest BCUT2D eigenvalue weighted by atomic mass is 35.5. The monoisotopic (exact) mass is 408 g/mol. The zero-order valence-corrected chi connectivity index (χ0v) is 17.5. The van der Waals surface area contributed by atoms with Crippen LogP contribution in [0.3, 0.4) is 0 Å². The molecule has 1 amide bonds. The van der Waals surface area contributed by atoms with E-state index in [4.69, 9.17) is 11.6 Å². The first-order valence-corrected chi connectivity index (χ1v) is 10.6. The third-order valence-electron chi connectivity index (χ3n) is 4.28. The molecule has 0 aromatic heterocycles. The molecule has 0 unspecified atom stereocenters. The fourth-order valence-electron chi connectivity index (χ4n) is 2.58. The summed E-state index contributed by atoms with van der Waals surface area (Å²) in [6.45, 7) is 3.54. The Bertz CT molecular complexity index is 876. The molecule has 2 rings (SSSR count). The minimum absolute atomic E-state index is 0.00326. The summed E-state index contributed by atoms with van der Waals surface area (Å²) in [6.07, 6.45) is 0. The number of nitrogens with zero attached hydrogens (tertiary/aromatic N) is 1. The molecule has 0 aliphatic heterocycles. The van der Waals surface area contributed by atoms with E-state index in [0.29, 0.717) is 10.6 Å². The number of hydrogen-bond acceptors (Lipinski definition) is 4.